The zero-order chi connectivity index (χ0) is 12.5. The number of fused-ring (bicyclic) bond motifs is 1. The Morgan fingerprint density at radius 1 is 1.22 bits per heavy atom. The molecular weight excluding hydrogens is 232 g/mol. The highest BCUT2D eigenvalue weighted by atomic mass is 16.7. The number of carbonyl (C=O) groups excluding carboxylic acids is 1. The van der Waals surface area contributed by atoms with E-state index in [1.54, 1.807) is 18.2 Å². The summed E-state index contributed by atoms with van der Waals surface area (Å²) in [7, 11) is 0. The van der Waals surface area contributed by atoms with Crippen LogP contribution in [0.15, 0.2) is 18.2 Å². The Hall–Kier alpha value is -1.75. The van der Waals surface area contributed by atoms with Gasteiger partial charge in [-0.15, -0.1) is 0 Å². The summed E-state index contributed by atoms with van der Waals surface area (Å²) in [6.45, 7) is 1.69. The first-order valence-corrected chi connectivity index (χ1v) is 6.18. The molecule has 0 aromatic heterocycles. The second kappa shape index (κ2) is 4.49. The summed E-state index contributed by atoms with van der Waals surface area (Å²) in [5, 5.41) is 0. The lowest BCUT2D eigenvalue weighted by Gasteiger charge is -2.30. The molecule has 2 aliphatic heterocycles. The number of carbonyl (C=O) groups is 1. The zero-order valence-electron chi connectivity index (χ0n) is 10.1. The molecule has 1 fully saturated rings. The van der Waals surface area contributed by atoms with Crippen molar-refractivity contribution in [3.05, 3.63) is 23.8 Å². The van der Waals surface area contributed by atoms with Crippen molar-refractivity contribution in [2.75, 3.05) is 19.9 Å². The van der Waals surface area contributed by atoms with Crippen LogP contribution >= 0.6 is 0 Å². The van der Waals surface area contributed by atoms with Gasteiger partial charge in [-0.1, -0.05) is 0 Å². The molecule has 2 heterocycles. The number of nitrogens with zero attached hydrogens (tertiary/aromatic N) is 1. The molecule has 96 valence electrons. The van der Waals surface area contributed by atoms with Gasteiger partial charge in [0.05, 0.1) is 0 Å². The maximum absolute atomic E-state index is 12.3. The van der Waals surface area contributed by atoms with E-state index < -0.39 is 0 Å². The van der Waals surface area contributed by atoms with Gasteiger partial charge < -0.3 is 20.1 Å². The number of piperidine rings is 1. The summed E-state index contributed by atoms with van der Waals surface area (Å²) in [6, 6.07) is 5.54. The van der Waals surface area contributed by atoms with Gasteiger partial charge in [-0.2, -0.15) is 0 Å². The van der Waals surface area contributed by atoms with Gasteiger partial charge in [0.1, 0.15) is 0 Å². The Balaban J connectivity index is 1.76. The predicted molar refractivity (Wildman–Crippen MR) is 65.7 cm³/mol. The van der Waals surface area contributed by atoms with E-state index in [9.17, 15) is 4.79 Å². The molecule has 0 aliphatic carbocycles. The molecule has 1 aromatic carbocycles. The number of likely N-dealkylation sites (tertiary alicyclic amines) is 1. The summed E-state index contributed by atoms with van der Waals surface area (Å²) in [4.78, 5) is 14.1. The summed E-state index contributed by atoms with van der Waals surface area (Å²) in [6.07, 6.45) is 1.74. The molecule has 0 atom stereocenters. The van der Waals surface area contributed by atoms with Crippen LogP contribution in [0.5, 0.6) is 11.5 Å². The van der Waals surface area contributed by atoms with Gasteiger partial charge in [0.2, 0.25) is 6.79 Å². The van der Waals surface area contributed by atoms with E-state index in [-0.39, 0.29) is 18.7 Å². The van der Waals surface area contributed by atoms with E-state index in [1.165, 1.54) is 0 Å². The van der Waals surface area contributed by atoms with Crippen LogP contribution in [0.4, 0.5) is 0 Å². The van der Waals surface area contributed by atoms with Crippen LogP contribution in [0.2, 0.25) is 0 Å². The smallest absolute Gasteiger partial charge is 0.253 e. The minimum atomic E-state index is 0.0419. The molecule has 3 rings (SSSR count). The largest absolute Gasteiger partial charge is 0.454 e. The average molecular weight is 248 g/mol. The second-order valence-electron chi connectivity index (χ2n) is 4.70. The molecule has 1 amide bonds. The van der Waals surface area contributed by atoms with Crippen molar-refractivity contribution in [3.63, 3.8) is 0 Å². The highest BCUT2D eigenvalue weighted by Gasteiger charge is 2.23. The summed E-state index contributed by atoms with van der Waals surface area (Å²) < 4.78 is 10.5. The molecule has 2 N–H and O–H groups in total. The Morgan fingerprint density at radius 2 is 1.94 bits per heavy atom. The highest BCUT2D eigenvalue weighted by Crippen LogP contribution is 2.32. The van der Waals surface area contributed by atoms with Crippen LogP contribution < -0.4 is 15.2 Å². The maximum Gasteiger partial charge on any atom is 0.253 e. The number of hydrogen-bond acceptors (Lipinski definition) is 4. The molecule has 0 spiro atoms. The highest BCUT2D eigenvalue weighted by molar-refractivity contribution is 5.95. The van der Waals surface area contributed by atoms with Crippen LogP contribution in [0.1, 0.15) is 23.2 Å². The Morgan fingerprint density at radius 3 is 2.72 bits per heavy atom. The lowest BCUT2D eigenvalue weighted by atomic mass is 10.0. The SMILES string of the molecule is NC1CCN(C(=O)c2ccc3c(c2)OCO3)CC1. The molecule has 1 saturated heterocycles. The number of benzene rings is 1. The fraction of sp³-hybridized carbons (Fsp3) is 0.462. The van der Waals surface area contributed by atoms with Gasteiger partial charge in [0, 0.05) is 24.7 Å². The summed E-state index contributed by atoms with van der Waals surface area (Å²) in [5.41, 5.74) is 6.48. The number of amides is 1. The van der Waals surface area contributed by atoms with Gasteiger partial charge in [-0.3, -0.25) is 4.79 Å². The third-order valence-electron chi connectivity index (χ3n) is 3.45. The fourth-order valence-electron chi connectivity index (χ4n) is 2.31. The third kappa shape index (κ3) is 2.01. The van der Waals surface area contributed by atoms with Gasteiger partial charge in [0.15, 0.2) is 11.5 Å². The standard InChI is InChI=1S/C13H16N2O3/c14-10-3-5-15(6-4-10)13(16)9-1-2-11-12(7-9)18-8-17-11/h1-2,7,10H,3-6,8,14H2. The molecule has 18 heavy (non-hydrogen) atoms. The number of hydrogen-bond donors (Lipinski definition) is 1. The van der Waals surface area contributed by atoms with Crippen molar-refractivity contribution in [2.45, 2.75) is 18.9 Å². The topological polar surface area (TPSA) is 64.8 Å². The van der Waals surface area contributed by atoms with Crippen molar-refractivity contribution in [3.8, 4) is 11.5 Å². The average Bonchev–Trinajstić information content (AvgIpc) is 2.86. The van der Waals surface area contributed by atoms with Crippen molar-refractivity contribution < 1.29 is 14.3 Å². The summed E-state index contributed by atoms with van der Waals surface area (Å²) in [5.74, 6) is 1.39. The van der Waals surface area contributed by atoms with Crippen LogP contribution in [-0.2, 0) is 0 Å². The van der Waals surface area contributed by atoms with Crippen LogP contribution in [0.25, 0.3) is 0 Å². The van der Waals surface area contributed by atoms with E-state index in [0.717, 1.165) is 25.9 Å². The lowest BCUT2D eigenvalue weighted by molar-refractivity contribution is 0.0714. The van der Waals surface area contributed by atoms with Crippen molar-refractivity contribution >= 4 is 5.91 Å². The number of ether oxygens (including phenoxy) is 2. The predicted octanol–water partition coefficient (Wildman–Crippen LogP) is 0.979. The minimum Gasteiger partial charge on any atom is -0.454 e. The van der Waals surface area contributed by atoms with E-state index >= 15 is 0 Å². The first-order valence-electron chi connectivity index (χ1n) is 6.18. The Kier molecular flexibility index (Phi) is 2.83. The third-order valence-corrected chi connectivity index (χ3v) is 3.45. The van der Waals surface area contributed by atoms with Crippen LogP contribution in [-0.4, -0.2) is 36.7 Å². The fourth-order valence-corrected chi connectivity index (χ4v) is 2.31. The van der Waals surface area contributed by atoms with Crippen molar-refractivity contribution in [1.82, 2.24) is 4.90 Å². The van der Waals surface area contributed by atoms with E-state index in [0.29, 0.717) is 17.1 Å². The van der Waals surface area contributed by atoms with E-state index in [1.807, 2.05) is 4.90 Å². The van der Waals surface area contributed by atoms with Crippen molar-refractivity contribution in [2.24, 2.45) is 5.73 Å². The molecule has 5 nitrogen and oxygen atoms in total. The van der Waals surface area contributed by atoms with Gasteiger partial charge in [-0.25, -0.2) is 0 Å². The summed E-state index contributed by atoms with van der Waals surface area (Å²) >= 11 is 0. The van der Waals surface area contributed by atoms with Gasteiger partial charge in [-0.05, 0) is 31.0 Å². The van der Waals surface area contributed by atoms with Crippen LogP contribution in [0, 0.1) is 0 Å². The minimum absolute atomic E-state index is 0.0419. The van der Waals surface area contributed by atoms with Crippen molar-refractivity contribution in [1.29, 1.82) is 0 Å². The lowest BCUT2D eigenvalue weighted by Crippen LogP contribution is -2.42. The number of nitrogens with two attached hydrogens (primary N) is 1. The maximum atomic E-state index is 12.3. The monoisotopic (exact) mass is 248 g/mol. The van der Waals surface area contributed by atoms with E-state index in [4.69, 9.17) is 15.2 Å². The van der Waals surface area contributed by atoms with Gasteiger partial charge in [0.25, 0.3) is 5.91 Å². The first kappa shape index (κ1) is 11.3. The first-order chi connectivity index (χ1) is 8.74. The molecule has 5 heteroatoms. The normalized spacial score (nSPS) is 19.1. The molecule has 0 unspecified atom stereocenters. The quantitative estimate of drug-likeness (QED) is 0.804. The van der Waals surface area contributed by atoms with E-state index in [2.05, 4.69) is 0 Å². The Bertz CT molecular complexity index is 467. The second-order valence-corrected chi connectivity index (χ2v) is 4.70. The molecule has 0 radical (unpaired) electrons. The molecule has 0 saturated carbocycles. The molecule has 0 bridgehead atoms. The molecular formula is C13H16N2O3. The number of rotatable bonds is 1. The molecule has 1 aromatic rings. The van der Waals surface area contributed by atoms with Gasteiger partial charge >= 0.3 is 0 Å². The zero-order valence-corrected chi connectivity index (χ0v) is 10.1. The Labute approximate surface area is 105 Å². The molecule has 2 aliphatic rings. The van der Waals surface area contributed by atoms with Crippen LogP contribution in [0.3, 0.4) is 0 Å².